The molecule has 1 fully saturated rings. The lowest BCUT2D eigenvalue weighted by Crippen LogP contribution is -2.22. The van der Waals surface area contributed by atoms with Crippen molar-refractivity contribution in [3.63, 3.8) is 0 Å². The van der Waals surface area contributed by atoms with Gasteiger partial charge in [-0.15, -0.1) is 0 Å². The van der Waals surface area contributed by atoms with Crippen LogP contribution in [0.4, 0.5) is 5.95 Å². The fourth-order valence-corrected chi connectivity index (χ4v) is 3.22. The third-order valence-corrected chi connectivity index (χ3v) is 4.53. The Labute approximate surface area is 132 Å². The highest BCUT2D eigenvalue weighted by Crippen LogP contribution is 2.32. The van der Waals surface area contributed by atoms with E-state index >= 15 is 0 Å². The van der Waals surface area contributed by atoms with Crippen molar-refractivity contribution in [3.05, 3.63) is 10.8 Å². The summed E-state index contributed by atoms with van der Waals surface area (Å²) in [6.45, 7) is 2.97. The Kier molecular flexibility index (Phi) is 4.40. The minimum Gasteiger partial charge on any atom is -0.393 e. The lowest BCUT2D eigenvalue weighted by atomic mass is 9.93. The van der Waals surface area contributed by atoms with E-state index in [0.717, 1.165) is 54.3 Å². The van der Waals surface area contributed by atoms with Crippen LogP contribution < -0.4 is 5.32 Å². The summed E-state index contributed by atoms with van der Waals surface area (Å²) in [6, 6.07) is 0.302. The van der Waals surface area contributed by atoms with Gasteiger partial charge in [0.05, 0.1) is 17.5 Å². The molecule has 0 unspecified atom stereocenters. The zero-order valence-electron chi connectivity index (χ0n) is 12.1. The fourth-order valence-electron chi connectivity index (χ4n) is 2.77. The van der Waals surface area contributed by atoms with Crippen LogP contribution >= 0.6 is 15.9 Å². The van der Waals surface area contributed by atoms with E-state index in [1.165, 1.54) is 0 Å². The molecule has 3 rings (SSSR count). The summed E-state index contributed by atoms with van der Waals surface area (Å²) in [4.78, 5) is 8.94. The van der Waals surface area contributed by atoms with E-state index < -0.39 is 0 Å². The summed E-state index contributed by atoms with van der Waals surface area (Å²) >= 11 is 3.49. The molecule has 0 spiro atoms. The SMILES string of the molecule is CCCNc1ncc2c(Br)nn(C3CCC(O)CC3)c2n1. The largest absolute Gasteiger partial charge is 0.393 e. The molecule has 1 saturated carbocycles. The molecule has 114 valence electrons. The van der Waals surface area contributed by atoms with Crippen LogP contribution in [0.25, 0.3) is 11.0 Å². The number of anilines is 1. The van der Waals surface area contributed by atoms with Crippen LogP contribution in [0.3, 0.4) is 0 Å². The second-order valence-electron chi connectivity index (χ2n) is 5.56. The first-order chi connectivity index (χ1) is 10.2. The maximum Gasteiger partial charge on any atom is 0.224 e. The molecular weight excluding hydrogens is 334 g/mol. The molecule has 2 N–H and O–H groups in total. The van der Waals surface area contributed by atoms with E-state index in [9.17, 15) is 5.11 Å². The molecule has 0 atom stereocenters. The predicted molar refractivity (Wildman–Crippen MR) is 85.3 cm³/mol. The Balaban J connectivity index is 1.93. The van der Waals surface area contributed by atoms with Gasteiger partial charge >= 0.3 is 0 Å². The Bertz CT molecular complexity index is 621. The van der Waals surface area contributed by atoms with Crippen molar-refractivity contribution in [2.75, 3.05) is 11.9 Å². The van der Waals surface area contributed by atoms with Crippen molar-refractivity contribution in [1.29, 1.82) is 0 Å². The van der Waals surface area contributed by atoms with Crippen LogP contribution in [-0.4, -0.2) is 37.5 Å². The summed E-state index contributed by atoms with van der Waals surface area (Å²) < 4.78 is 2.77. The highest BCUT2D eigenvalue weighted by Gasteiger charge is 2.24. The number of aromatic nitrogens is 4. The summed E-state index contributed by atoms with van der Waals surface area (Å²) in [6.07, 6.45) is 6.21. The van der Waals surface area contributed by atoms with Crippen molar-refractivity contribution in [2.24, 2.45) is 0 Å². The molecule has 21 heavy (non-hydrogen) atoms. The van der Waals surface area contributed by atoms with Crippen LogP contribution in [0, 0.1) is 0 Å². The standard InChI is InChI=1S/C14H20BrN5O/c1-2-7-16-14-17-8-11-12(15)19-20(13(11)18-14)9-3-5-10(21)6-4-9/h8-10,21H,2-7H2,1H3,(H,16,17,18). The van der Waals surface area contributed by atoms with Gasteiger partial charge in [-0.1, -0.05) is 6.92 Å². The maximum atomic E-state index is 9.66. The van der Waals surface area contributed by atoms with Gasteiger partial charge < -0.3 is 10.4 Å². The number of hydrogen-bond donors (Lipinski definition) is 2. The third-order valence-electron chi connectivity index (χ3n) is 3.95. The molecule has 0 aliphatic heterocycles. The number of nitrogens with one attached hydrogen (secondary N) is 1. The topological polar surface area (TPSA) is 75.9 Å². The third kappa shape index (κ3) is 3.03. The van der Waals surface area contributed by atoms with Crippen LogP contribution in [-0.2, 0) is 0 Å². The summed E-state index contributed by atoms with van der Waals surface area (Å²) in [5.74, 6) is 0.647. The van der Waals surface area contributed by atoms with Gasteiger partial charge in [0, 0.05) is 12.7 Å². The van der Waals surface area contributed by atoms with E-state index in [1.807, 2.05) is 10.9 Å². The highest BCUT2D eigenvalue weighted by molar-refractivity contribution is 9.10. The zero-order valence-corrected chi connectivity index (χ0v) is 13.7. The number of aliphatic hydroxyl groups excluding tert-OH is 1. The minimum atomic E-state index is -0.164. The number of rotatable bonds is 4. The van der Waals surface area contributed by atoms with Crippen molar-refractivity contribution >= 4 is 32.9 Å². The Morgan fingerprint density at radius 3 is 2.86 bits per heavy atom. The molecule has 1 aliphatic rings. The molecule has 6 nitrogen and oxygen atoms in total. The second kappa shape index (κ2) is 6.27. The minimum absolute atomic E-state index is 0.164. The van der Waals surface area contributed by atoms with E-state index in [-0.39, 0.29) is 6.10 Å². The highest BCUT2D eigenvalue weighted by atomic mass is 79.9. The van der Waals surface area contributed by atoms with Gasteiger partial charge in [0.2, 0.25) is 5.95 Å². The molecule has 0 aromatic carbocycles. The first kappa shape index (κ1) is 14.7. The lowest BCUT2D eigenvalue weighted by Gasteiger charge is -2.25. The van der Waals surface area contributed by atoms with Gasteiger partial charge in [-0.3, -0.25) is 0 Å². The summed E-state index contributed by atoms with van der Waals surface area (Å²) in [5, 5.41) is 18.4. The zero-order chi connectivity index (χ0) is 14.8. The number of nitrogens with zero attached hydrogens (tertiary/aromatic N) is 4. The average molecular weight is 354 g/mol. The van der Waals surface area contributed by atoms with Gasteiger partial charge in [-0.05, 0) is 48.0 Å². The van der Waals surface area contributed by atoms with Crippen LogP contribution in [0.2, 0.25) is 0 Å². The molecule has 2 heterocycles. The number of halogens is 1. The van der Waals surface area contributed by atoms with E-state index in [2.05, 4.69) is 43.2 Å². The molecule has 2 aromatic rings. The van der Waals surface area contributed by atoms with E-state index in [4.69, 9.17) is 0 Å². The predicted octanol–water partition coefficient (Wildman–Crippen LogP) is 2.89. The van der Waals surface area contributed by atoms with Gasteiger partial charge in [-0.25, -0.2) is 9.67 Å². The number of aliphatic hydroxyl groups is 1. The molecule has 0 radical (unpaired) electrons. The molecule has 1 aliphatic carbocycles. The molecule has 2 aromatic heterocycles. The van der Waals surface area contributed by atoms with Crippen LogP contribution in [0.1, 0.15) is 45.1 Å². The van der Waals surface area contributed by atoms with Gasteiger partial charge in [0.1, 0.15) is 4.60 Å². The maximum absolute atomic E-state index is 9.66. The van der Waals surface area contributed by atoms with E-state index in [0.29, 0.717) is 12.0 Å². The smallest absolute Gasteiger partial charge is 0.224 e. The summed E-state index contributed by atoms with van der Waals surface area (Å²) in [5.41, 5.74) is 0.858. The quantitative estimate of drug-likeness (QED) is 0.883. The van der Waals surface area contributed by atoms with Gasteiger partial charge in [-0.2, -0.15) is 10.1 Å². The fraction of sp³-hybridized carbons (Fsp3) is 0.643. The Morgan fingerprint density at radius 2 is 2.14 bits per heavy atom. The molecule has 0 amide bonds. The molecular formula is C14H20BrN5O. The number of fused-ring (bicyclic) bond motifs is 1. The Hall–Kier alpha value is -1.21. The molecule has 0 saturated heterocycles. The first-order valence-electron chi connectivity index (χ1n) is 7.51. The van der Waals surface area contributed by atoms with Gasteiger partial charge in [0.15, 0.2) is 5.65 Å². The monoisotopic (exact) mass is 353 g/mol. The van der Waals surface area contributed by atoms with Crippen LogP contribution in [0.5, 0.6) is 0 Å². The van der Waals surface area contributed by atoms with Crippen LogP contribution in [0.15, 0.2) is 10.8 Å². The van der Waals surface area contributed by atoms with Gasteiger partial charge in [0.25, 0.3) is 0 Å². The first-order valence-corrected chi connectivity index (χ1v) is 8.31. The summed E-state index contributed by atoms with van der Waals surface area (Å²) in [7, 11) is 0. The molecule has 7 heteroatoms. The Morgan fingerprint density at radius 1 is 1.38 bits per heavy atom. The average Bonchev–Trinajstić information content (AvgIpc) is 2.83. The normalized spacial score (nSPS) is 22.6. The lowest BCUT2D eigenvalue weighted by molar-refractivity contribution is 0.109. The van der Waals surface area contributed by atoms with Crippen molar-refractivity contribution < 1.29 is 5.11 Å². The number of hydrogen-bond acceptors (Lipinski definition) is 5. The van der Waals surface area contributed by atoms with Crippen molar-refractivity contribution in [2.45, 2.75) is 51.2 Å². The molecule has 0 bridgehead atoms. The van der Waals surface area contributed by atoms with Crippen molar-refractivity contribution in [3.8, 4) is 0 Å². The second-order valence-corrected chi connectivity index (χ2v) is 6.31. The van der Waals surface area contributed by atoms with E-state index in [1.54, 1.807) is 0 Å². The van der Waals surface area contributed by atoms with Crippen molar-refractivity contribution in [1.82, 2.24) is 19.7 Å².